The van der Waals surface area contributed by atoms with Gasteiger partial charge in [-0.1, -0.05) is 36.4 Å². The maximum absolute atomic E-state index is 12.7. The number of aryl methyl sites for hydroxylation is 1. The van der Waals surface area contributed by atoms with Gasteiger partial charge in [-0.05, 0) is 48.9 Å². The first-order chi connectivity index (χ1) is 15.5. The second-order valence-corrected chi connectivity index (χ2v) is 7.15. The van der Waals surface area contributed by atoms with Crippen molar-refractivity contribution in [2.75, 3.05) is 10.6 Å². The van der Waals surface area contributed by atoms with Crippen molar-refractivity contribution in [1.82, 2.24) is 9.97 Å². The minimum Gasteiger partial charge on any atom is -0.508 e. The van der Waals surface area contributed by atoms with Crippen molar-refractivity contribution in [2.45, 2.75) is 6.92 Å². The number of aromatic hydroxyl groups is 1. The lowest BCUT2D eigenvalue weighted by molar-refractivity contribution is 0.101. The molecule has 7 nitrogen and oxygen atoms in total. The van der Waals surface area contributed by atoms with Crippen LogP contribution in [0.2, 0.25) is 0 Å². The van der Waals surface area contributed by atoms with Crippen LogP contribution in [-0.2, 0) is 0 Å². The molecule has 0 saturated carbocycles. The molecule has 4 rings (SSSR count). The monoisotopic (exact) mass is 424 g/mol. The van der Waals surface area contributed by atoms with Crippen LogP contribution >= 0.6 is 0 Å². The van der Waals surface area contributed by atoms with Crippen molar-refractivity contribution in [3.63, 3.8) is 0 Å². The predicted molar refractivity (Wildman–Crippen MR) is 123 cm³/mol. The van der Waals surface area contributed by atoms with Crippen LogP contribution in [0.3, 0.4) is 0 Å². The largest absolute Gasteiger partial charge is 0.508 e. The lowest BCUT2D eigenvalue weighted by atomic mass is 10.1. The number of hydrogen-bond donors (Lipinski definition) is 3. The predicted octanol–water partition coefficient (Wildman–Crippen LogP) is 4.66. The maximum atomic E-state index is 12.7. The number of rotatable bonds is 5. The molecule has 158 valence electrons. The molecule has 1 heterocycles. The van der Waals surface area contributed by atoms with Crippen LogP contribution in [0.25, 0.3) is 11.4 Å². The van der Waals surface area contributed by atoms with Gasteiger partial charge in [-0.15, -0.1) is 0 Å². The van der Waals surface area contributed by atoms with Crippen LogP contribution in [0.1, 0.15) is 26.3 Å². The molecule has 0 fully saturated rings. The molecule has 2 amide bonds. The number of nitrogens with zero attached hydrogens (tertiary/aromatic N) is 2. The quantitative estimate of drug-likeness (QED) is 0.432. The molecule has 3 N–H and O–H groups in total. The van der Waals surface area contributed by atoms with E-state index < -0.39 is 0 Å². The Morgan fingerprint density at radius 2 is 1.50 bits per heavy atom. The van der Waals surface area contributed by atoms with E-state index in [-0.39, 0.29) is 17.6 Å². The van der Waals surface area contributed by atoms with Gasteiger partial charge in [0.2, 0.25) is 0 Å². The van der Waals surface area contributed by atoms with Crippen LogP contribution in [0.5, 0.6) is 5.75 Å². The average molecular weight is 424 g/mol. The van der Waals surface area contributed by atoms with E-state index in [1.807, 2.05) is 13.0 Å². The first-order valence-electron chi connectivity index (χ1n) is 9.89. The molecular formula is C25H20N4O3. The van der Waals surface area contributed by atoms with Crippen LogP contribution in [-0.4, -0.2) is 26.9 Å². The molecule has 7 heteroatoms. The van der Waals surface area contributed by atoms with E-state index in [1.54, 1.807) is 66.7 Å². The number of carbonyl (C=O) groups excluding carboxylic acids is 2. The lowest BCUT2D eigenvalue weighted by Crippen LogP contribution is -2.15. The molecule has 0 spiro atoms. The van der Waals surface area contributed by atoms with Crippen molar-refractivity contribution in [3.8, 4) is 17.1 Å². The van der Waals surface area contributed by atoms with Crippen LogP contribution < -0.4 is 10.6 Å². The molecular weight excluding hydrogens is 404 g/mol. The fourth-order valence-corrected chi connectivity index (χ4v) is 3.07. The van der Waals surface area contributed by atoms with Gasteiger partial charge < -0.3 is 15.7 Å². The summed E-state index contributed by atoms with van der Waals surface area (Å²) in [5, 5.41) is 15.2. The molecule has 0 atom stereocenters. The van der Waals surface area contributed by atoms with Gasteiger partial charge in [0.15, 0.2) is 5.82 Å². The van der Waals surface area contributed by atoms with Gasteiger partial charge in [0, 0.05) is 22.4 Å². The Labute approximate surface area is 184 Å². The third-order valence-electron chi connectivity index (χ3n) is 4.80. The summed E-state index contributed by atoms with van der Waals surface area (Å²) < 4.78 is 0. The highest BCUT2D eigenvalue weighted by atomic mass is 16.3. The van der Waals surface area contributed by atoms with E-state index in [1.165, 1.54) is 12.4 Å². The summed E-state index contributed by atoms with van der Waals surface area (Å²) in [6, 6.07) is 20.6. The number of carbonyl (C=O) groups is 2. The fraction of sp³-hybridized carbons (Fsp3) is 0.0400. The second-order valence-electron chi connectivity index (χ2n) is 7.15. The number of phenols is 1. The minimum atomic E-state index is -0.353. The molecule has 0 aliphatic carbocycles. The number of benzene rings is 3. The molecule has 0 unspecified atom stereocenters. The molecule has 3 aromatic carbocycles. The molecule has 4 aromatic rings. The topological polar surface area (TPSA) is 104 Å². The van der Waals surface area contributed by atoms with Gasteiger partial charge in [0.1, 0.15) is 5.75 Å². The maximum Gasteiger partial charge on any atom is 0.255 e. The third-order valence-corrected chi connectivity index (χ3v) is 4.80. The van der Waals surface area contributed by atoms with Gasteiger partial charge in [-0.3, -0.25) is 9.59 Å². The molecule has 0 bridgehead atoms. The SMILES string of the molecule is Cc1ccc(C(=O)Nc2cnc(-c3cccc(O)c3)nc2)cc1NC(=O)c1ccccc1. The lowest BCUT2D eigenvalue weighted by Gasteiger charge is -2.11. The van der Waals surface area contributed by atoms with Crippen molar-refractivity contribution in [2.24, 2.45) is 0 Å². The summed E-state index contributed by atoms with van der Waals surface area (Å²) >= 11 is 0. The van der Waals surface area contributed by atoms with Gasteiger partial charge in [-0.25, -0.2) is 9.97 Å². The van der Waals surface area contributed by atoms with Crippen molar-refractivity contribution < 1.29 is 14.7 Å². The van der Waals surface area contributed by atoms with E-state index in [0.717, 1.165) is 5.56 Å². The van der Waals surface area contributed by atoms with Gasteiger partial charge in [0.05, 0.1) is 18.1 Å². The Morgan fingerprint density at radius 1 is 0.781 bits per heavy atom. The van der Waals surface area contributed by atoms with Crippen LogP contribution in [0.4, 0.5) is 11.4 Å². The highest BCUT2D eigenvalue weighted by molar-refractivity contribution is 6.07. The van der Waals surface area contributed by atoms with E-state index in [2.05, 4.69) is 20.6 Å². The summed E-state index contributed by atoms with van der Waals surface area (Å²) in [4.78, 5) is 33.7. The Balaban J connectivity index is 1.47. The van der Waals surface area contributed by atoms with Crippen LogP contribution in [0, 0.1) is 6.92 Å². The number of amides is 2. The Bertz CT molecular complexity index is 1270. The molecule has 1 aromatic heterocycles. The summed E-state index contributed by atoms with van der Waals surface area (Å²) in [5.74, 6) is -0.0470. The average Bonchev–Trinajstić information content (AvgIpc) is 2.81. The normalized spacial score (nSPS) is 10.4. The number of aromatic nitrogens is 2. The highest BCUT2D eigenvalue weighted by Gasteiger charge is 2.12. The molecule has 0 aliphatic heterocycles. The summed E-state index contributed by atoms with van der Waals surface area (Å²) in [6.45, 7) is 1.86. The smallest absolute Gasteiger partial charge is 0.255 e. The first-order valence-corrected chi connectivity index (χ1v) is 9.89. The summed E-state index contributed by atoms with van der Waals surface area (Å²) in [6.07, 6.45) is 2.99. The summed E-state index contributed by atoms with van der Waals surface area (Å²) in [7, 11) is 0. The number of nitrogens with one attached hydrogen (secondary N) is 2. The van der Waals surface area contributed by atoms with Gasteiger partial charge in [-0.2, -0.15) is 0 Å². The number of phenolic OH excluding ortho intramolecular Hbond substituents is 1. The van der Waals surface area contributed by atoms with Crippen molar-refractivity contribution in [3.05, 3.63) is 102 Å². The standard InChI is InChI=1S/C25H20N4O3/c1-16-10-11-19(13-22(16)29-24(31)17-6-3-2-4-7-17)25(32)28-20-14-26-23(27-15-20)18-8-5-9-21(30)12-18/h2-15,30H,1H3,(H,28,32)(H,29,31). The Morgan fingerprint density at radius 3 is 2.22 bits per heavy atom. The number of hydrogen-bond acceptors (Lipinski definition) is 5. The zero-order chi connectivity index (χ0) is 22.5. The third kappa shape index (κ3) is 4.79. The minimum absolute atomic E-state index is 0.123. The van der Waals surface area contributed by atoms with Crippen molar-refractivity contribution in [1.29, 1.82) is 0 Å². The zero-order valence-electron chi connectivity index (χ0n) is 17.2. The summed E-state index contributed by atoms with van der Waals surface area (Å²) in [5.41, 5.74) is 3.41. The Hall–Kier alpha value is -4.52. The molecule has 32 heavy (non-hydrogen) atoms. The van der Waals surface area contributed by atoms with E-state index >= 15 is 0 Å². The van der Waals surface area contributed by atoms with E-state index in [0.29, 0.717) is 33.9 Å². The van der Waals surface area contributed by atoms with E-state index in [4.69, 9.17) is 0 Å². The van der Waals surface area contributed by atoms with Crippen molar-refractivity contribution >= 4 is 23.2 Å². The van der Waals surface area contributed by atoms with Crippen LogP contribution in [0.15, 0.2) is 85.2 Å². The van der Waals surface area contributed by atoms with Gasteiger partial charge >= 0.3 is 0 Å². The Kier molecular flexibility index (Phi) is 5.89. The van der Waals surface area contributed by atoms with Gasteiger partial charge in [0.25, 0.3) is 11.8 Å². The molecule has 0 radical (unpaired) electrons. The zero-order valence-corrected chi connectivity index (χ0v) is 17.2. The molecule has 0 aliphatic rings. The van der Waals surface area contributed by atoms with E-state index in [9.17, 15) is 14.7 Å². The second kappa shape index (κ2) is 9.09. The first kappa shape index (κ1) is 20.7. The highest BCUT2D eigenvalue weighted by Crippen LogP contribution is 2.21. The molecule has 0 saturated heterocycles. The number of anilines is 2. The fourth-order valence-electron chi connectivity index (χ4n) is 3.07.